The maximum absolute atomic E-state index is 11.7. The first-order valence-electron chi connectivity index (χ1n) is 7.80. The topological polar surface area (TPSA) is 89.3 Å². The van der Waals surface area contributed by atoms with Gasteiger partial charge in [0.05, 0.1) is 15.9 Å². The molecule has 0 aliphatic rings. The molecule has 6 nitrogen and oxygen atoms in total. The lowest BCUT2D eigenvalue weighted by Crippen LogP contribution is -2.26. The van der Waals surface area contributed by atoms with Crippen molar-refractivity contribution in [2.75, 3.05) is 11.6 Å². The van der Waals surface area contributed by atoms with Crippen LogP contribution in [0.4, 0.5) is 11.4 Å². The quantitative estimate of drug-likeness (QED) is 0.636. The van der Waals surface area contributed by atoms with E-state index in [1.807, 2.05) is 51.1 Å². The van der Waals surface area contributed by atoms with Crippen LogP contribution in [0.25, 0.3) is 0 Å². The molecule has 2 aromatic carbocycles. The molecule has 0 saturated carbocycles. The molecule has 134 valence electrons. The fourth-order valence-corrected chi connectivity index (χ4v) is 3.26. The highest BCUT2D eigenvalue weighted by Gasteiger charge is 2.29. The minimum Gasteiger partial charge on any atom is -0.372 e. The van der Waals surface area contributed by atoms with Crippen LogP contribution in [0.15, 0.2) is 53.4 Å². The van der Waals surface area contributed by atoms with Gasteiger partial charge in [-0.15, -0.1) is 0 Å². The summed E-state index contributed by atoms with van der Waals surface area (Å²) in [6.45, 7) is 6.11. The summed E-state index contributed by atoms with van der Waals surface area (Å²) in [7, 11) is -3.52. The Hall–Kier alpha value is -2.41. The Bertz CT molecular complexity index is 872. The molecular weight excluding hydrogens is 340 g/mol. The van der Waals surface area contributed by atoms with Gasteiger partial charge in [-0.1, -0.05) is 51.1 Å². The third-order valence-corrected chi connectivity index (χ3v) is 5.00. The van der Waals surface area contributed by atoms with Crippen LogP contribution in [0.2, 0.25) is 0 Å². The zero-order valence-electron chi connectivity index (χ0n) is 14.7. The standard InChI is InChI=1S/C18H22N2O4S/c1-18(2,3)17(13-8-6-5-7-9-13)19-15-11-10-14(25(4,23)24)12-16(15)20(21)22/h5-12,17,19H,1-4H3. The Morgan fingerprint density at radius 1 is 1.08 bits per heavy atom. The van der Waals surface area contributed by atoms with Crippen LogP contribution in [-0.2, 0) is 9.84 Å². The number of rotatable bonds is 5. The van der Waals surface area contributed by atoms with Gasteiger partial charge in [-0.05, 0) is 23.1 Å². The average molecular weight is 362 g/mol. The fourth-order valence-electron chi connectivity index (χ4n) is 2.62. The summed E-state index contributed by atoms with van der Waals surface area (Å²) in [5.74, 6) is 0. The highest BCUT2D eigenvalue weighted by atomic mass is 32.2. The number of nitrogens with one attached hydrogen (secondary N) is 1. The normalized spacial score (nSPS) is 13.3. The lowest BCUT2D eigenvalue weighted by Gasteiger charge is -2.32. The summed E-state index contributed by atoms with van der Waals surface area (Å²) in [6, 6.07) is 13.4. The molecule has 25 heavy (non-hydrogen) atoms. The third-order valence-electron chi connectivity index (χ3n) is 3.89. The molecule has 2 rings (SSSR count). The number of sulfone groups is 1. The first-order valence-corrected chi connectivity index (χ1v) is 9.69. The summed E-state index contributed by atoms with van der Waals surface area (Å²) in [5.41, 5.74) is 0.816. The van der Waals surface area contributed by atoms with E-state index in [1.54, 1.807) is 0 Å². The second-order valence-corrected chi connectivity index (χ2v) is 9.08. The van der Waals surface area contributed by atoms with Gasteiger partial charge in [0.15, 0.2) is 9.84 Å². The van der Waals surface area contributed by atoms with E-state index in [-0.39, 0.29) is 22.0 Å². The zero-order valence-corrected chi connectivity index (χ0v) is 15.5. The molecule has 1 unspecified atom stereocenters. The molecule has 1 N–H and O–H groups in total. The minimum absolute atomic E-state index is 0.0724. The average Bonchev–Trinajstić information content (AvgIpc) is 2.51. The molecule has 0 bridgehead atoms. The lowest BCUT2D eigenvalue weighted by atomic mass is 9.82. The smallest absolute Gasteiger partial charge is 0.293 e. The van der Waals surface area contributed by atoms with E-state index < -0.39 is 14.8 Å². The lowest BCUT2D eigenvalue weighted by molar-refractivity contribution is -0.384. The van der Waals surface area contributed by atoms with Crippen LogP contribution in [0.3, 0.4) is 0 Å². The van der Waals surface area contributed by atoms with E-state index in [1.165, 1.54) is 12.1 Å². The third kappa shape index (κ3) is 4.57. The van der Waals surface area contributed by atoms with Crippen LogP contribution in [0, 0.1) is 15.5 Å². The van der Waals surface area contributed by atoms with Crippen molar-refractivity contribution < 1.29 is 13.3 Å². The molecule has 0 aromatic heterocycles. The van der Waals surface area contributed by atoms with Crippen LogP contribution >= 0.6 is 0 Å². The summed E-state index contributed by atoms with van der Waals surface area (Å²) < 4.78 is 23.4. The van der Waals surface area contributed by atoms with Gasteiger partial charge < -0.3 is 5.32 Å². The van der Waals surface area contributed by atoms with Crippen molar-refractivity contribution in [2.45, 2.75) is 31.7 Å². The molecule has 0 fully saturated rings. The highest BCUT2D eigenvalue weighted by molar-refractivity contribution is 7.90. The van der Waals surface area contributed by atoms with E-state index in [2.05, 4.69) is 5.32 Å². The molecular formula is C18H22N2O4S. The zero-order chi connectivity index (χ0) is 18.8. The van der Waals surface area contributed by atoms with Crippen LogP contribution in [-0.4, -0.2) is 19.6 Å². The number of nitro benzene ring substituents is 1. The van der Waals surface area contributed by atoms with Gasteiger partial charge in [0.25, 0.3) is 5.69 Å². The molecule has 0 heterocycles. The second-order valence-electron chi connectivity index (χ2n) is 7.06. The van der Waals surface area contributed by atoms with Gasteiger partial charge in [0.2, 0.25) is 0 Å². The first-order chi connectivity index (χ1) is 11.5. The van der Waals surface area contributed by atoms with Gasteiger partial charge >= 0.3 is 0 Å². The van der Waals surface area contributed by atoms with Crippen LogP contribution < -0.4 is 5.32 Å². The fraction of sp³-hybridized carbons (Fsp3) is 0.333. The number of hydrogen-bond acceptors (Lipinski definition) is 5. The summed E-state index contributed by atoms with van der Waals surface area (Å²) in [6.07, 6.45) is 1.03. The summed E-state index contributed by atoms with van der Waals surface area (Å²) in [4.78, 5) is 10.8. The molecule has 0 saturated heterocycles. The van der Waals surface area contributed by atoms with Gasteiger partial charge in [0.1, 0.15) is 5.69 Å². The van der Waals surface area contributed by atoms with Crippen molar-refractivity contribution in [3.05, 3.63) is 64.2 Å². The molecule has 0 amide bonds. The van der Waals surface area contributed by atoms with Crippen LogP contribution in [0.5, 0.6) is 0 Å². The Labute approximate surface area is 148 Å². The van der Waals surface area contributed by atoms with E-state index in [4.69, 9.17) is 0 Å². The Balaban J connectivity index is 2.51. The molecule has 7 heteroatoms. The Kier molecular flexibility index (Phi) is 5.17. The molecule has 1 atom stereocenters. The van der Waals surface area contributed by atoms with Gasteiger partial charge in [-0.2, -0.15) is 0 Å². The van der Waals surface area contributed by atoms with Gasteiger partial charge in [-0.3, -0.25) is 10.1 Å². The molecule has 0 aliphatic heterocycles. The van der Waals surface area contributed by atoms with E-state index in [0.29, 0.717) is 5.69 Å². The largest absolute Gasteiger partial charge is 0.372 e. The predicted molar refractivity (Wildman–Crippen MR) is 98.5 cm³/mol. The van der Waals surface area contributed by atoms with E-state index in [9.17, 15) is 18.5 Å². The minimum atomic E-state index is -3.52. The first kappa shape index (κ1) is 18.9. The maximum atomic E-state index is 11.7. The van der Waals surface area contributed by atoms with Gasteiger partial charge in [0, 0.05) is 12.3 Å². The second kappa shape index (κ2) is 6.84. The van der Waals surface area contributed by atoms with Crippen LogP contribution in [0.1, 0.15) is 32.4 Å². The highest BCUT2D eigenvalue weighted by Crippen LogP contribution is 2.38. The van der Waals surface area contributed by atoms with Crippen molar-refractivity contribution in [3.63, 3.8) is 0 Å². The number of hydrogen-bond donors (Lipinski definition) is 1. The Morgan fingerprint density at radius 3 is 2.16 bits per heavy atom. The molecule has 2 aromatic rings. The maximum Gasteiger partial charge on any atom is 0.293 e. The summed E-state index contributed by atoms with van der Waals surface area (Å²) in [5, 5.41) is 14.7. The van der Waals surface area contributed by atoms with Crippen molar-refractivity contribution in [3.8, 4) is 0 Å². The monoisotopic (exact) mass is 362 g/mol. The molecule has 0 radical (unpaired) electrons. The summed E-state index contributed by atoms with van der Waals surface area (Å²) >= 11 is 0. The molecule has 0 spiro atoms. The van der Waals surface area contributed by atoms with E-state index in [0.717, 1.165) is 17.9 Å². The predicted octanol–water partition coefficient (Wildman–Crippen LogP) is 4.20. The number of anilines is 1. The van der Waals surface area contributed by atoms with E-state index >= 15 is 0 Å². The Morgan fingerprint density at radius 2 is 1.68 bits per heavy atom. The van der Waals surface area contributed by atoms with Crippen molar-refractivity contribution in [2.24, 2.45) is 5.41 Å². The van der Waals surface area contributed by atoms with Gasteiger partial charge in [-0.25, -0.2) is 8.42 Å². The number of benzene rings is 2. The number of nitro groups is 1. The van der Waals surface area contributed by atoms with Crippen molar-refractivity contribution in [1.82, 2.24) is 0 Å². The SMILES string of the molecule is CC(C)(C)C(Nc1ccc(S(C)(=O)=O)cc1[N+](=O)[O-])c1ccccc1. The number of nitrogens with zero attached hydrogens (tertiary/aromatic N) is 1. The van der Waals surface area contributed by atoms with Crippen molar-refractivity contribution >= 4 is 21.2 Å². The van der Waals surface area contributed by atoms with Crippen molar-refractivity contribution in [1.29, 1.82) is 0 Å². The molecule has 0 aliphatic carbocycles.